The van der Waals surface area contributed by atoms with E-state index < -0.39 is 5.92 Å². The molecule has 34 heavy (non-hydrogen) atoms. The molecule has 2 aromatic rings. The normalized spacial score (nSPS) is 24.6. The number of benzene rings is 2. The molecule has 9 nitrogen and oxygen atoms in total. The highest BCUT2D eigenvalue weighted by Crippen LogP contribution is 2.56. The predicted molar refractivity (Wildman–Crippen MR) is 121 cm³/mol. The zero-order chi connectivity index (χ0) is 24.0. The van der Waals surface area contributed by atoms with Crippen molar-refractivity contribution in [2.24, 2.45) is 11.8 Å². The smallest absolute Gasteiger partial charge is 0.310 e. The van der Waals surface area contributed by atoms with E-state index in [0.717, 1.165) is 23.2 Å². The van der Waals surface area contributed by atoms with E-state index in [1.807, 2.05) is 26.2 Å². The average molecular weight is 472 g/mol. The minimum Gasteiger partial charge on any atom is -0.502 e. The van der Waals surface area contributed by atoms with E-state index in [-0.39, 0.29) is 54.6 Å². The van der Waals surface area contributed by atoms with E-state index in [4.69, 9.17) is 28.4 Å². The molecule has 2 aliphatic heterocycles. The molecule has 2 aromatic carbocycles. The number of hydrogen-bond donors (Lipinski definition) is 1. The molecular weight excluding hydrogens is 442 g/mol. The molecule has 9 heteroatoms. The lowest BCUT2D eigenvalue weighted by molar-refractivity contribution is -0.141. The third kappa shape index (κ3) is 3.69. The molecule has 0 unspecified atom stereocenters. The first-order chi connectivity index (χ1) is 16.4. The van der Waals surface area contributed by atoms with Gasteiger partial charge in [-0.15, -0.1) is 0 Å². The third-order valence-corrected chi connectivity index (χ3v) is 6.82. The van der Waals surface area contributed by atoms with Crippen LogP contribution in [0, 0.1) is 11.8 Å². The molecule has 1 saturated heterocycles. The van der Waals surface area contributed by atoms with Gasteiger partial charge in [-0.3, -0.25) is 4.79 Å². The summed E-state index contributed by atoms with van der Waals surface area (Å²) in [5, 5.41) is 10.5. The van der Waals surface area contributed by atoms with Gasteiger partial charge in [-0.05, 0) is 55.1 Å². The molecule has 182 valence electrons. The van der Waals surface area contributed by atoms with Gasteiger partial charge in [0.15, 0.2) is 23.0 Å². The number of carbonyl (C=O) groups is 1. The molecule has 2 heterocycles. The molecule has 5 rings (SSSR count). The fourth-order valence-corrected chi connectivity index (χ4v) is 5.18. The van der Waals surface area contributed by atoms with Crippen LogP contribution < -0.4 is 18.9 Å². The lowest BCUT2D eigenvalue weighted by Crippen LogP contribution is -2.36. The summed E-state index contributed by atoms with van der Waals surface area (Å²) < 4.78 is 34.1. The Balaban J connectivity index is 1.67. The number of likely N-dealkylation sites (N-methyl/N-ethyl adjacent to an activating group) is 1. The summed E-state index contributed by atoms with van der Waals surface area (Å²) in [6.45, 7) is 1.67. The molecule has 0 bridgehead atoms. The Labute approximate surface area is 198 Å². The topological polar surface area (TPSA) is 95.9 Å². The van der Waals surface area contributed by atoms with Crippen LogP contribution in [0.2, 0.25) is 0 Å². The number of nitrogens with zero attached hydrogens (tertiary/aromatic N) is 1. The number of hydrogen-bond acceptors (Lipinski definition) is 9. The summed E-state index contributed by atoms with van der Waals surface area (Å²) in [7, 11) is 6.94. The zero-order valence-electron chi connectivity index (χ0n) is 19.7. The number of esters is 1. The van der Waals surface area contributed by atoms with Gasteiger partial charge < -0.3 is 38.4 Å². The number of cyclic esters (lactones) is 1. The van der Waals surface area contributed by atoms with Gasteiger partial charge in [0, 0.05) is 18.4 Å². The van der Waals surface area contributed by atoms with Crippen LogP contribution in [0.3, 0.4) is 0 Å². The number of phenolic OH excluding ortho intramolecular Hbond substituents is 1. The van der Waals surface area contributed by atoms with Crippen LogP contribution in [-0.2, 0) is 14.3 Å². The molecular formula is C25H29NO8. The molecule has 0 spiro atoms. The number of aromatic hydroxyl groups is 1. The van der Waals surface area contributed by atoms with E-state index in [1.54, 1.807) is 12.1 Å². The Bertz CT molecular complexity index is 1080. The van der Waals surface area contributed by atoms with Crippen LogP contribution in [0.25, 0.3) is 0 Å². The van der Waals surface area contributed by atoms with Gasteiger partial charge in [0.25, 0.3) is 0 Å². The van der Waals surface area contributed by atoms with E-state index >= 15 is 0 Å². The second-order valence-corrected chi connectivity index (χ2v) is 9.00. The van der Waals surface area contributed by atoms with Gasteiger partial charge in [0.1, 0.15) is 0 Å². The van der Waals surface area contributed by atoms with Crippen molar-refractivity contribution in [3.63, 3.8) is 0 Å². The maximum absolute atomic E-state index is 13.1. The van der Waals surface area contributed by atoms with Crippen molar-refractivity contribution in [2.75, 3.05) is 54.9 Å². The molecule has 0 saturated carbocycles. The molecule has 0 radical (unpaired) electrons. The highest BCUT2D eigenvalue weighted by atomic mass is 16.7. The summed E-state index contributed by atoms with van der Waals surface area (Å²) in [5.41, 5.74) is 2.61. The number of fused-ring (bicyclic) bond motifs is 3. The van der Waals surface area contributed by atoms with Crippen LogP contribution in [0.15, 0.2) is 24.3 Å². The quantitative estimate of drug-likeness (QED) is 0.612. The Morgan fingerprint density at radius 1 is 1.00 bits per heavy atom. The summed E-state index contributed by atoms with van der Waals surface area (Å²) in [5.74, 6) is 0.418. The molecule has 3 aliphatic rings. The lowest BCUT2D eigenvalue weighted by atomic mass is 9.66. The molecule has 4 atom stereocenters. The summed E-state index contributed by atoms with van der Waals surface area (Å²) in [6, 6.07) is 7.37. The number of ether oxygens (including phenoxy) is 6. The average Bonchev–Trinajstić information content (AvgIpc) is 3.44. The largest absolute Gasteiger partial charge is 0.502 e. The van der Waals surface area contributed by atoms with Gasteiger partial charge in [-0.1, -0.05) is 0 Å². The van der Waals surface area contributed by atoms with Gasteiger partial charge in [-0.25, -0.2) is 0 Å². The Kier molecular flexibility index (Phi) is 5.91. The Morgan fingerprint density at radius 3 is 2.26 bits per heavy atom. The predicted octanol–water partition coefficient (Wildman–Crippen LogP) is 2.69. The number of carbonyl (C=O) groups excluding carboxylic acids is 1. The van der Waals surface area contributed by atoms with Crippen LogP contribution in [0.1, 0.15) is 28.7 Å². The number of phenols is 1. The highest BCUT2D eigenvalue weighted by molar-refractivity contribution is 5.79. The fraction of sp³-hybridized carbons (Fsp3) is 0.480. The van der Waals surface area contributed by atoms with Gasteiger partial charge >= 0.3 is 5.97 Å². The maximum Gasteiger partial charge on any atom is 0.310 e. The summed E-state index contributed by atoms with van der Waals surface area (Å²) in [6.07, 6.45) is -0.335. The van der Waals surface area contributed by atoms with Crippen molar-refractivity contribution >= 4 is 5.97 Å². The van der Waals surface area contributed by atoms with Crippen molar-refractivity contribution in [3.05, 3.63) is 41.0 Å². The van der Waals surface area contributed by atoms with Crippen LogP contribution in [0.5, 0.6) is 28.7 Å². The van der Waals surface area contributed by atoms with Crippen molar-refractivity contribution in [1.82, 2.24) is 4.90 Å². The molecule has 0 aromatic heterocycles. The van der Waals surface area contributed by atoms with Gasteiger partial charge in [-0.2, -0.15) is 0 Å². The molecule has 1 N–H and O–H groups in total. The highest BCUT2D eigenvalue weighted by Gasteiger charge is 2.53. The van der Waals surface area contributed by atoms with E-state index in [1.165, 1.54) is 14.2 Å². The van der Waals surface area contributed by atoms with Gasteiger partial charge in [0.05, 0.1) is 39.5 Å². The van der Waals surface area contributed by atoms with Crippen molar-refractivity contribution in [3.8, 4) is 28.7 Å². The van der Waals surface area contributed by atoms with Gasteiger partial charge in [0.2, 0.25) is 12.5 Å². The van der Waals surface area contributed by atoms with Crippen molar-refractivity contribution in [2.45, 2.75) is 12.0 Å². The second kappa shape index (κ2) is 8.88. The first kappa shape index (κ1) is 22.6. The monoisotopic (exact) mass is 471 g/mol. The molecule has 1 fully saturated rings. The van der Waals surface area contributed by atoms with Crippen LogP contribution >= 0.6 is 0 Å². The fourth-order valence-electron chi connectivity index (χ4n) is 5.18. The maximum atomic E-state index is 13.1. The number of methoxy groups -OCH3 is 2. The SMILES string of the molecule is COc1cc([C@@H]2c3cc4c(cc3[C@H](OCCN(C)C)[C@@H]3COC(=O)[C@H]23)OCO4)cc(OC)c1O. The Morgan fingerprint density at radius 2 is 1.65 bits per heavy atom. The van der Waals surface area contributed by atoms with E-state index in [0.29, 0.717) is 18.1 Å². The first-order valence-corrected chi connectivity index (χ1v) is 11.2. The summed E-state index contributed by atoms with van der Waals surface area (Å²) in [4.78, 5) is 15.1. The summed E-state index contributed by atoms with van der Waals surface area (Å²) >= 11 is 0. The molecule has 1 aliphatic carbocycles. The van der Waals surface area contributed by atoms with Crippen LogP contribution in [0.4, 0.5) is 0 Å². The number of rotatable bonds is 7. The van der Waals surface area contributed by atoms with E-state index in [2.05, 4.69) is 4.90 Å². The van der Waals surface area contributed by atoms with Crippen molar-refractivity contribution in [1.29, 1.82) is 0 Å². The van der Waals surface area contributed by atoms with Crippen LogP contribution in [-0.4, -0.2) is 70.8 Å². The van der Waals surface area contributed by atoms with E-state index in [9.17, 15) is 9.90 Å². The third-order valence-electron chi connectivity index (χ3n) is 6.82. The zero-order valence-corrected chi connectivity index (χ0v) is 19.7. The standard InChI is InChI=1S/C25H29NO8/c1-26(2)5-6-31-24-15-10-18-17(33-12-34-18)9-14(15)21(22-16(24)11-32-25(22)28)13-7-19(29-3)23(27)20(8-13)30-4/h7-10,16,21-22,24,27H,5-6,11-12H2,1-4H3/t16-,21-,22+,24+/m1/s1. The molecule has 0 amide bonds. The first-order valence-electron chi connectivity index (χ1n) is 11.2. The second-order valence-electron chi connectivity index (χ2n) is 9.00. The minimum atomic E-state index is -0.476. The van der Waals surface area contributed by atoms with Crippen molar-refractivity contribution < 1.29 is 38.3 Å². The minimum absolute atomic E-state index is 0.0917. The Hall–Kier alpha value is -3.17. The lowest BCUT2D eigenvalue weighted by Gasteiger charge is -2.39.